The lowest BCUT2D eigenvalue weighted by atomic mass is 10.3. The van der Waals surface area contributed by atoms with Crippen LogP contribution in [0.3, 0.4) is 0 Å². The van der Waals surface area contributed by atoms with E-state index in [1.54, 1.807) is 0 Å². The smallest absolute Gasteiger partial charge is 0.270 e. The van der Waals surface area contributed by atoms with Crippen LogP contribution in [0.1, 0.15) is 0 Å². The van der Waals surface area contributed by atoms with Crippen molar-refractivity contribution in [1.82, 2.24) is 0 Å². The Morgan fingerprint density at radius 2 is 1.41 bits per heavy atom. The van der Waals surface area contributed by atoms with Crippen LogP contribution < -0.4 is 4.72 Å². The zero-order valence-electron chi connectivity index (χ0n) is 7.65. The largest absolute Gasteiger partial charge is 0.516 e. The summed E-state index contributed by atoms with van der Waals surface area (Å²) in [5, 5.41) is 0. The van der Waals surface area contributed by atoms with Gasteiger partial charge in [-0.3, -0.25) is 4.72 Å². The van der Waals surface area contributed by atoms with Gasteiger partial charge in [-0.2, -0.15) is 21.6 Å². The minimum absolute atomic E-state index is 0.0390. The Balaban J connectivity index is 3.22. The van der Waals surface area contributed by atoms with Gasteiger partial charge in [0.1, 0.15) is 11.5 Å². The topological polar surface area (TPSA) is 46.2 Å². The van der Waals surface area contributed by atoms with Gasteiger partial charge < -0.3 is 0 Å². The predicted octanol–water partition coefficient (Wildman–Crippen LogP) is 2.37. The molecular formula is C7H3F6NO2S. The zero-order chi connectivity index (χ0) is 13.4. The fourth-order valence-corrected chi connectivity index (χ4v) is 1.41. The molecule has 1 aromatic rings. The SMILES string of the molecule is O=S(=O)(Nc1c(F)cc(F)cc1F)C(F)(F)F. The van der Waals surface area contributed by atoms with E-state index < -0.39 is 38.7 Å². The molecule has 0 aliphatic carbocycles. The molecule has 0 saturated carbocycles. The molecule has 96 valence electrons. The zero-order valence-corrected chi connectivity index (χ0v) is 8.46. The number of benzene rings is 1. The van der Waals surface area contributed by atoms with Crippen molar-refractivity contribution >= 4 is 15.7 Å². The van der Waals surface area contributed by atoms with E-state index in [9.17, 15) is 34.8 Å². The van der Waals surface area contributed by atoms with E-state index in [-0.39, 0.29) is 12.1 Å². The summed E-state index contributed by atoms with van der Waals surface area (Å²) in [6.07, 6.45) is 0. The van der Waals surface area contributed by atoms with Crippen LogP contribution in [0.25, 0.3) is 0 Å². The van der Waals surface area contributed by atoms with Crippen molar-refractivity contribution in [3.05, 3.63) is 29.6 Å². The van der Waals surface area contributed by atoms with E-state index in [2.05, 4.69) is 0 Å². The highest BCUT2D eigenvalue weighted by Gasteiger charge is 2.46. The highest BCUT2D eigenvalue weighted by Crippen LogP contribution is 2.28. The predicted molar refractivity (Wildman–Crippen MR) is 44.9 cm³/mol. The third kappa shape index (κ3) is 2.81. The Kier molecular flexibility index (Phi) is 3.28. The lowest BCUT2D eigenvalue weighted by molar-refractivity contribution is -0.0429. The van der Waals surface area contributed by atoms with Gasteiger partial charge in [0.2, 0.25) is 0 Å². The van der Waals surface area contributed by atoms with Gasteiger partial charge in [-0.1, -0.05) is 0 Å². The van der Waals surface area contributed by atoms with E-state index >= 15 is 0 Å². The molecule has 3 nitrogen and oxygen atoms in total. The first-order chi connectivity index (χ1) is 7.54. The van der Waals surface area contributed by atoms with Crippen molar-refractivity contribution in [3.63, 3.8) is 0 Å². The summed E-state index contributed by atoms with van der Waals surface area (Å²) in [7, 11) is -5.96. The lowest BCUT2D eigenvalue weighted by Crippen LogP contribution is -2.30. The molecule has 0 heterocycles. The van der Waals surface area contributed by atoms with E-state index in [0.29, 0.717) is 4.72 Å². The summed E-state index contributed by atoms with van der Waals surface area (Å²) in [6, 6.07) is 0.0780. The van der Waals surface area contributed by atoms with E-state index in [0.717, 1.165) is 0 Å². The highest BCUT2D eigenvalue weighted by molar-refractivity contribution is 7.93. The summed E-state index contributed by atoms with van der Waals surface area (Å²) < 4.78 is 95.5. The Hall–Kier alpha value is -1.45. The third-order valence-electron chi connectivity index (χ3n) is 1.55. The molecule has 0 bridgehead atoms. The maximum atomic E-state index is 12.9. The second-order valence-corrected chi connectivity index (χ2v) is 4.47. The van der Waals surface area contributed by atoms with Gasteiger partial charge >= 0.3 is 15.5 Å². The van der Waals surface area contributed by atoms with Gasteiger partial charge in [-0.15, -0.1) is 0 Å². The average Bonchev–Trinajstić information content (AvgIpc) is 2.09. The molecule has 0 atom stereocenters. The summed E-state index contributed by atoms with van der Waals surface area (Å²) >= 11 is 0. The first-order valence-electron chi connectivity index (χ1n) is 3.78. The summed E-state index contributed by atoms with van der Waals surface area (Å²) in [6.45, 7) is 0. The van der Waals surface area contributed by atoms with Crippen molar-refractivity contribution in [1.29, 1.82) is 0 Å². The lowest BCUT2D eigenvalue weighted by Gasteiger charge is -2.11. The number of alkyl halides is 3. The Bertz CT molecular complexity index is 515. The number of halogens is 6. The second kappa shape index (κ2) is 4.09. The first kappa shape index (κ1) is 13.6. The fourth-order valence-electron chi connectivity index (χ4n) is 0.832. The molecule has 1 aromatic carbocycles. The van der Waals surface area contributed by atoms with Crippen molar-refractivity contribution in [3.8, 4) is 0 Å². The van der Waals surface area contributed by atoms with Gasteiger partial charge in [0.15, 0.2) is 11.6 Å². The quantitative estimate of drug-likeness (QED) is 0.845. The fraction of sp³-hybridized carbons (Fsp3) is 0.143. The molecule has 0 aliphatic heterocycles. The Morgan fingerprint density at radius 3 is 1.76 bits per heavy atom. The van der Waals surface area contributed by atoms with Gasteiger partial charge in [0, 0.05) is 12.1 Å². The average molecular weight is 279 g/mol. The van der Waals surface area contributed by atoms with Gasteiger partial charge in [0.25, 0.3) is 0 Å². The van der Waals surface area contributed by atoms with E-state index in [1.807, 2.05) is 0 Å². The molecule has 1 N–H and O–H groups in total. The Morgan fingerprint density at radius 1 is 1.00 bits per heavy atom. The van der Waals surface area contributed by atoms with Crippen LogP contribution in [0.5, 0.6) is 0 Å². The molecule has 1 rings (SSSR count). The van der Waals surface area contributed by atoms with Gasteiger partial charge in [-0.25, -0.2) is 13.2 Å². The molecule has 0 spiro atoms. The van der Waals surface area contributed by atoms with Crippen LogP contribution >= 0.6 is 0 Å². The number of sulfonamides is 1. The van der Waals surface area contributed by atoms with E-state index in [4.69, 9.17) is 0 Å². The standard InChI is InChI=1S/C7H3F6NO2S/c8-3-1-4(9)6(5(10)2-3)14-17(15,16)7(11,12)13/h1-2,14H. The van der Waals surface area contributed by atoms with Crippen LogP contribution in [-0.4, -0.2) is 13.9 Å². The molecule has 0 aliphatic rings. The van der Waals surface area contributed by atoms with Crippen LogP contribution in [0.15, 0.2) is 12.1 Å². The van der Waals surface area contributed by atoms with Gasteiger partial charge in [-0.05, 0) is 0 Å². The number of hydrogen-bond acceptors (Lipinski definition) is 2. The molecule has 17 heavy (non-hydrogen) atoms. The maximum absolute atomic E-state index is 12.9. The van der Waals surface area contributed by atoms with Crippen molar-refractivity contribution < 1.29 is 34.8 Å². The second-order valence-electron chi connectivity index (χ2n) is 2.80. The first-order valence-corrected chi connectivity index (χ1v) is 5.26. The van der Waals surface area contributed by atoms with Crippen molar-refractivity contribution in [2.45, 2.75) is 5.51 Å². The number of nitrogens with one attached hydrogen (secondary N) is 1. The Labute approximate surface area is 91.1 Å². The molecule has 0 aromatic heterocycles. The van der Waals surface area contributed by atoms with E-state index in [1.165, 1.54) is 0 Å². The maximum Gasteiger partial charge on any atom is 0.516 e. The molecule has 0 unspecified atom stereocenters. The third-order valence-corrected chi connectivity index (χ3v) is 2.63. The highest BCUT2D eigenvalue weighted by atomic mass is 32.2. The summed E-state index contributed by atoms with van der Waals surface area (Å²) in [5.41, 5.74) is -7.33. The molecule has 0 saturated heterocycles. The minimum atomic E-state index is -5.96. The molecule has 10 heteroatoms. The number of anilines is 1. The van der Waals surface area contributed by atoms with Gasteiger partial charge in [0.05, 0.1) is 0 Å². The molecule has 0 fully saturated rings. The van der Waals surface area contributed by atoms with Crippen LogP contribution in [-0.2, 0) is 10.0 Å². The summed E-state index contributed by atoms with van der Waals surface area (Å²) in [4.78, 5) is 0. The van der Waals surface area contributed by atoms with Crippen LogP contribution in [0.2, 0.25) is 0 Å². The minimum Gasteiger partial charge on any atom is -0.270 e. The number of hydrogen-bond donors (Lipinski definition) is 1. The monoisotopic (exact) mass is 279 g/mol. The molecule has 0 radical (unpaired) electrons. The number of rotatable bonds is 2. The van der Waals surface area contributed by atoms with Crippen molar-refractivity contribution in [2.75, 3.05) is 4.72 Å². The normalized spacial score (nSPS) is 12.6. The van der Waals surface area contributed by atoms with Crippen LogP contribution in [0.4, 0.5) is 32.0 Å². The van der Waals surface area contributed by atoms with Crippen molar-refractivity contribution in [2.24, 2.45) is 0 Å². The summed E-state index contributed by atoms with van der Waals surface area (Å²) in [5.74, 6) is -4.99. The molecular weight excluding hydrogens is 276 g/mol. The molecule has 0 amide bonds. The van der Waals surface area contributed by atoms with Crippen LogP contribution in [0, 0.1) is 17.5 Å².